The number of hydrogen-bond acceptors (Lipinski definition) is 8. The van der Waals surface area contributed by atoms with E-state index in [9.17, 15) is 14.4 Å². The van der Waals surface area contributed by atoms with Crippen LogP contribution in [-0.4, -0.2) is 34.4 Å². The molecule has 1 aliphatic rings. The zero-order valence-electron chi connectivity index (χ0n) is 19.5. The highest BCUT2D eigenvalue weighted by Gasteiger charge is 2.20. The maximum absolute atomic E-state index is 13.6. The highest BCUT2D eigenvalue weighted by Crippen LogP contribution is 2.22. The number of oxazole rings is 1. The SMILES string of the molecule is CC1=CC(=c2c(-c3ccc(F)cc3)nc(=N)n3c(=O)n(Cc4nc(C)oc4C)nc23)C=C(C)N1O. The summed E-state index contributed by atoms with van der Waals surface area (Å²) in [7, 11) is 0. The Bertz CT molecular complexity index is 1700. The Balaban J connectivity index is 1.88. The molecule has 2 N–H and O–H groups in total. The quantitative estimate of drug-likeness (QED) is 0.465. The number of hydrogen-bond donors (Lipinski definition) is 2. The molecule has 11 heteroatoms. The van der Waals surface area contributed by atoms with Crippen molar-refractivity contribution >= 4 is 11.2 Å². The molecule has 1 aliphatic heterocycles. The molecule has 0 unspecified atom stereocenters. The second kappa shape index (κ2) is 8.13. The third-order valence-corrected chi connectivity index (χ3v) is 5.83. The maximum Gasteiger partial charge on any atom is 0.353 e. The van der Waals surface area contributed by atoms with Crippen molar-refractivity contribution in [3.05, 3.63) is 92.3 Å². The van der Waals surface area contributed by atoms with Crippen LogP contribution in [0.1, 0.15) is 31.2 Å². The standard InChI is InChI=1S/C24H22FN7O3/c1-12-9-17(10-13(2)32(12)34)20-21(16-5-7-18(25)8-6-16)28-23(26)31-22(20)29-30(24(31)33)11-19-14(3)35-15(4)27-19/h5-10,26,34H,11H2,1-4H3. The lowest BCUT2D eigenvalue weighted by molar-refractivity contribution is -0.0190. The van der Waals surface area contributed by atoms with E-state index in [0.29, 0.717) is 50.8 Å². The zero-order chi connectivity index (χ0) is 25.0. The van der Waals surface area contributed by atoms with Crippen molar-refractivity contribution in [2.24, 2.45) is 0 Å². The number of nitrogens with one attached hydrogen (secondary N) is 1. The van der Waals surface area contributed by atoms with Crippen molar-refractivity contribution in [3.63, 3.8) is 0 Å². The number of nitrogens with zero attached hydrogens (tertiary/aromatic N) is 6. The van der Waals surface area contributed by atoms with Crippen LogP contribution in [0.2, 0.25) is 0 Å². The van der Waals surface area contributed by atoms with E-state index in [-0.39, 0.29) is 17.8 Å². The first-order valence-corrected chi connectivity index (χ1v) is 10.8. The summed E-state index contributed by atoms with van der Waals surface area (Å²) in [6.45, 7) is 6.99. The molecule has 0 bridgehead atoms. The third kappa shape index (κ3) is 3.75. The van der Waals surface area contributed by atoms with Gasteiger partial charge in [-0.1, -0.05) is 0 Å². The van der Waals surface area contributed by atoms with E-state index < -0.39 is 11.5 Å². The summed E-state index contributed by atoms with van der Waals surface area (Å²) < 4.78 is 21.5. The molecular formula is C24H22FN7O3. The fourth-order valence-corrected chi connectivity index (χ4v) is 4.16. The number of aryl methyl sites for hydroxylation is 2. The molecule has 4 heterocycles. The fraction of sp³-hybridized carbons (Fsp3) is 0.208. The highest BCUT2D eigenvalue weighted by molar-refractivity contribution is 5.79. The lowest BCUT2D eigenvalue weighted by atomic mass is 10.0. The Hall–Kier alpha value is -4.38. The van der Waals surface area contributed by atoms with E-state index in [1.165, 1.54) is 16.8 Å². The number of halogens is 1. The van der Waals surface area contributed by atoms with E-state index in [0.717, 1.165) is 9.46 Å². The monoisotopic (exact) mass is 475 g/mol. The number of hydroxylamine groups is 2. The van der Waals surface area contributed by atoms with Crippen molar-refractivity contribution < 1.29 is 14.0 Å². The molecule has 1 aromatic carbocycles. The van der Waals surface area contributed by atoms with Crippen molar-refractivity contribution in [3.8, 4) is 11.3 Å². The van der Waals surface area contributed by atoms with Gasteiger partial charge in [0.1, 0.15) is 17.3 Å². The highest BCUT2D eigenvalue weighted by atomic mass is 19.1. The molecule has 0 amide bonds. The van der Waals surface area contributed by atoms with Gasteiger partial charge in [0.05, 0.1) is 17.5 Å². The zero-order valence-corrected chi connectivity index (χ0v) is 19.5. The van der Waals surface area contributed by atoms with Gasteiger partial charge in [0.25, 0.3) is 0 Å². The molecule has 3 aromatic heterocycles. The van der Waals surface area contributed by atoms with Crippen LogP contribution < -0.4 is 16.5 Å². The Kier molecular flexibility index (Phi) is 5.21. The van der Waals surface area contributed by atoms with Gasteiger partial charge in [0.2, 0.25) is 5.62 Å². The summed E-state index contributed by atoms with van der Waals surface area (Å²) in [5, 5.41) is 24.8. The molecule has 35 heavy (non-hydrogen) atoms. The minimum absolute atomic E-state index is 0.0535. The number of rotatable bonds is 3. The Morgan fingerprint density at radius 2 is 1.71 bits per heavy atom. The van der Waals surface area contributed by atoms with Crippen LogP contribution in [0.4, 0.5) is 4.39 Å². The van der Waals surface area contributed by atoms with Crippen LogP contribution in [0.3, 0.4) is 0 Å². The fourth-order valence-electron chi connectivity index (χ4n) is 4.16. The number of aromatic nitrogens is 5. The summed E-state index contributed by atoms with van der Waals surface area (Å²) in [6.07, 6.45) is 3.46. The van der Waals surface area contributed by atoms with E-state index in [1.54, 1.807) is 52.0 Å². The summed E-state index contributed by atoms with van der Waals surface area (Å²) in [5.74, 6) is 0.641. The van der Waals surface area contributed by atoms with Gasteiger partial charge in [0.15, 0.2) is 11.5 Å². The lowest BCUT2D eigenvalue weighted by Gasteiger charge is -2.22. The molecule has 0 radical (unpaired) electrons. The van der Waals surface area contributed by atoms with Crippen LogP contribution in [-0.2, 0) is 6.54 Å². The summed E-state index contributed by atoms with van der Waals surface area (Å²) in [5.41, 5.74) is 2.55. The lowest BCUT2D eigenvalue weighted by Crippen LogP contribution is -2.34. The first-order valence-electron chi connectivity index (χ1n) is 10.8. The second-order valence-corrected chi connectivity index (χ2v) is 8.34. The molecule has 0 aliphatic carbocycles. The van der Waals surface area contributed by atoms with Gasteiger partial charge >= 0.3 is 5.69 Å². The average Bonchev–Trinajstić information content (AvgIpc) is 3.30. The molecule has 0 spiro atoms. The largest absolute Gasteiger partial charge is 0.446 e. The number of allylic oxidation sites excluding steroid dienone is 4. The van der Waals surface area contributed by atoms with Crippen molar-refractivity contribution in [2.75, 3.05) is 0 Å². The van der Waals surface area contributed by atoms with Crippen LogP contribution in [0.15, 0.2) is 57.0 Å². The molecular weight excluding hydrogens is 453 g/mol. The van der Waals surface area contributed by atoms with Gasteiger partial charge in [0, 0.05) is 23.9 Å². The van der Waals surface area contributed by atoms with Gasteiger partial charge in [-0.3, -0.25) is 10.6 Å². The first-order chi connectivity index (χ1) is 16.6. The number of fused-ring (bicyclic) bond motifs is 1. The van der Waals surface area contributed by atoms with Gasteiger partial charge in [-0.2, -0.15) is 0 Å². The minimum Gasteiger partial charge on any atom is -0.446 e. The minimum atomic E-state index is -0.550. The van der Waals surface area contributed by atoms with Crippen molar-refractivity contribution in [1.29, 1.82) is 5.41 Å². The van der Waals surface area contributed by atoms with Crippen LogP contribution in [0.25, 0.3) is 22.5 Å². The molecule has 0 fully saturated rings. The summed E-state index contributed by atoms with van der Waals surface area (Å²) in [6, 6.07) is 5.72. The molecule has 0 saturated carbocycles. The third-order valence-electron chi connectivity index (χ3n) is 5.83. The van der Waals surface area contributed by atoms with E-state index >= 15 is 0 Å². The maximum atomic E-state index is 13.6. The molecule has 178 valence electrons. The molecule has 0 atom stereocenters. The Morgan fingerprint density at radius 1 is 1.06 bits per heavy atom. The van der Waals surface area contributed by atoms with Crippen LogP contribution in [0, 0.1) is 25.1 Å². The molecule has 4 aromatic rings. The smallest absolute Gasteiger partial charge is 0.353 e. The van der Waals surface area contributed by atoms with Crippen LogP contribution in [0.5, 0.6) is 0 Å². The van der Waals surface area contributed by atoms with E-state index in [4.69, 9.17) is 9.83 Å². The Morgan fingerprint density at radius 3 is 2.31 bits per heavy atom. The van der Waals surface area contributed by atoms with Crippen molar-refractivity contribution in [1.82, 2.24) is 29.2 Å². The van der Waals surface area contributed by atoms with E-state index in [1.807, 2.05) is 0 Å². The van der Waals surface area contributed by atoms with Gasteiger partial charge in [-0.15, -0.1) is 5.10 Å². The second-order valence-electron chi connectivity index (χ2n) is 8.34. The first kappa shape index (κ1) is 22.4. The van der Waals surface area contributed by atoms with Gasteiger partial charge in [-0.25, -0.2) is 33.3 Å². The van der Waals surface area contributed by atoms with Crippen LogP contribution >= 0.6 is 0 Å². The average molecular weight is 475 g/mol. The van der Waals surface area contributed by atoms with Gasteiger partial charge < -0.3 is 4.42 Å². The van der Waals surface area contributed by atoms with Crippen molar-refractivity contribution in [2.45, 2.75) is 34.2 Å². The van der Waals surface area contributed by atoms with E-state index in [2.05, 4.69) is 15.1 Å². The predicted molar refractivity (Wildman–Crippen MR) is 123 cm³/mol. The molecule has 10 nitrogen and oxygen atoms in total. The Labute approximate surface area is 198 Å². The normalized spacial score (nSPS) is 14.0. The molecule has 5 rings (SSSR count). The topological polar surface area (TPSA) is 126 Å². The predicted octanol–water partition coefficient (Wildman–Crippen LogP) is 2.21. The number of benzene rings is 1. The van der Waals surface area contributed by atoms with Gasteiger partial charge in [-0.05, 0) is 62.8 Å². The molecule has 0 saturated heterocycles. The summed E-state index contributed by atoms with van der Waals surface area (Å²) >= 11 is 0. The summed E-state index contributed by atoms with van der Waals surface area (Å²) in [4.78, 5) is 22.0.